The summed E-state index contributed by atoms with van der Waals surface area (Å²) in [7, 11) is 0. The number of amides is 3. The van der Waals surface area contributed by atoms with Crippen LogP contribution in [0.4, 0.5) is 15.6 Å². The molecule has 212 valence electrons. The molecular weight excluding hydrogens is 587 g/mol. The second-order valence-corrected chi connectivity index (χ2v) is 12.0. The van der Waals surface area contributed by atoms with Gasteiger partial charge in [0.1, 0.15) is 0 Å². The van der Waals surface area contributed by atoms with Gasteiger partial charge in [0.15, 0.2) is 11.2 Å². The summed E-state index contributed by atoms with van der Waals surface area (Å²) in [6.45, 7) is 2.00. The average Bonchev–Trinajstić information content (AvgIpc) is 3.57. The number of anilines is 2. The van der Waals surface area contributed by atoms with E-state index in [1.807, 2.05) is 24.3 Å². The van der Waals surface area contributed by atoms with E-state index in [1.54, 1.807) is 41.3 Å². The van der Waals surface area contributed by atoms with Crippen LogP contribution in [0.15, 0.2) is 60.7 Å². The number of hydrogen-bond acceptors (Lipinski definition) is 6. The predicted octanol–water partition coefficient (Wildman–Crippen LogP) is 6.07. The Kier molecular flexibility index (Phi) is 8.19. The zero-order chi connectivity index (χ0) is 29.3. The van der Waals surface area contributed by atoms with Crippen LogP contribution in [0, 0.1) is 0 Å². The molecule has 1 atom stereocenters. The van der Waals surface area contributed by atoms with Crippen molar-refractivity contribution >= 4 is 73.5 Å². The lowest BCUT2D eigenvalue weighted by atomic mass is 9.98. The van der Waals surface area contributed by atoms with Gasteiger partial charge in [0, 0.05) is 16.3 Å². The summed E-state index contributed by atoms with van der Waals surface area (Å²) in [6.07, 6.45) is 0.578. The fourth-order valence-corrected chi connectivity index (χ4v) is 5.73. The smallest absolute Gasteiger partial charge is 0.334 e. The van der Waals surface area contributed by atoms with Gasteiger partial charge in [-0.05, 0) is 65.8 Å². The molecule has 1 fully saturated rings. The molecule has 1 aliphatic rings. The second-order valence-electron chi connectivity index (χ2n) is 10.1. The number of carbonyl (C=O) groups excluding carboxylic acids is 2. The Morgan fingerprint density at radius 3 is 2.39 bits per heavy atom. The Hall–Kier alpha value is -3.70. The molecule has 1 saturated carbocycles. The van der Waals surface area contributed by atoms with Crippen molar-refractivity contribution in [1.29, 1.82) is 0 Å². The number of hydrogen-bond donors (Lipinski definition) is 4. The fraction of sp³-hybridized carbons (Fsp3) is 0.241. The predicted molar refractivity (Wildman–Crippen MR) is 160 cm³/mol. The third kappa shape index (κ3) is 6.62. The van der Waals surface area contributed by atoms with Crippen molar-refractivity contribution in [3.8, 4) is 0 Å². The van der Waals surface area contributed by atoms with Gasteiger partial charge in [-0.15, -0.1) is 0 Å². The Balaban J connectivity index is 1.36. The monoisotopic (exact) mass is 612 g/mol. The fourth-order valence-electron chi connectivity index (χ4n) is 4.30. The van der Waals surface area contributed by atoms with E-state index in [4.69, 9.17) is 28.3 Å². The maximum absolute atomic E-state index is 13.6. The highest BCUT2D eigenvalue weighted by molar-refractivity contribution is 7.23. The zero-order valence-corrected chi connectivity index (χ0v) is 24.2. The lowest BCUT2D eigenvalue weighted by molar-refractivity contribution is -0.146. The van der Waals surface area contributed by atoms with Crippen molar-refractivity contribution in [2.75, 3.05) is 16.8 Å². The van der Waals surface area contributed by atoms with Crippen molar-refractivity contribution in [2.24, 2.45) is 0 Å². The van der Waals surface area contributed by atoms with Gasteiger partial charge in [0.2, 0.25) is 0 Å². The summed E-state index contributed by atoms with van der Waals surface area (Å²) >= 11 is 13.7. The Morgan fingerprint density at radius 2 is 1.76 bits per heavy atom. The van der Waals surface area contributed by atoms with E-state index < -0.39 is 30.6 Å². The Morgan fingerprint density at radius 1 is 1.07 bits per heavy atom. The number of nitrogens with one attached hydrogen (secondary N) is 2. The van der Waals surface area contributed by atoms with E-state index in [1.165, 1.54) is 16.9 Å². The number of benzene rings is 3. The molecule has 4 aromatic rings. The normalized spacial score (nSPS) is 14.3. The molecule has 0 bridgehead atoms. The number of carboxylic acid groups (broad SMARTS) is 1. The lowest BCUT2D eigenvalue weighted by Gasteiger charge is -2.24. The molecule has 0 aliphatic heterocycles. The van der Waals surface area contributed by atoms with Gasteiger partial charge >= 0.3 is 12.0 Å². The van der Waals surface area contributed by atoms with E-state index >= 15 is 0 Å². The van der Waals surface area contributed by atoms with Crippen LogP contribution in [0.2, 0.25) is 10.0 Å². The minimum absolute atomic E-state index is 0.185. The van der Waals surface area contributed by atoms with Gasteiger partial charge in [-0.25, -0.2) is 14.6 Å². The highest BCUT2D eigenvalue weighted by Gasteiger charge is 2.38. The molecule has 3 aromatic carbocycles. The van der Waals surface area contributed by atoms with E-state index in [9.17, 15) is 19.5 Å². The first kappa shape index (κ1) is 28.8. The van der Waals surface area contributed by atoms with Crippen LogP contribution in [0.25, 0.3) is 10.2 Å². The van der Waals surface area contributed by atoms with Crippen molar-refractivity contribution in [2.45, 2.75) is 37.8 Å². The molecule has 41 heavy (non-hydrogen) atoms. The minimum Gasteiger partial charge on any atom is -0.479 e. The number of carboxylic acids is 1. The SMILES string of the molecule is CC1(c2ccc(N(Cc3ccc(C(=O)NC[C@@H](O)C(=O)O)cc3)C(=O)Nc3nc4cc(Cl)cc(Cl)c4s3)cc2)CC1. The standard InChI is InChI=1S/C29H26Cl2N4O5S/c1-29(10-11-29)18-6-8-20(9-7-18)35(28(40)34-27-33-22-13-19(30)12-21(31)24(22)41-27)15-16-2-4-17(5-3-16)25(37)32-14-23(36)26(38)39/h2-9,12-13,23,36H,10-11,14-15H2,1H3,(H,32,37)(H,38,39)(H,33,34,40)/t23-/m1/s1. The minimum atomic E-state index is -1.69. The van der Waals surface area contributed by atoms with Crippen molar-refractivity contribution in [1.82, 2.24) is 10.3 Å². The molecule has 0 radical (unpaired) electrons. The van der Waals surface area contributed by atoms with Gasteiger partial charge in [-0.2, -0.15) is 0 Å². The number of thiazole rings is 1. The third-order valence-electron chi connectivity index (χ3n) is 7.04. The lowest BCUT2D eigenvalue weighted by Crippen LogP contribution is -2.36. The van der Waals surface area contributed by atoms with Crippen molar-refractivity contribution in [3.05, 3.63) is 87.4 Å². The van der Waals surface area contributed by atoms with E-state index in [0.29, 0.717) is 31.1 Å². The number of aliphatic hydroxyl groups is 1. The molecule has 1 heterocycles. The number of fused-ring (bicyclic) bond motifs is 1. The van der Waals surface area contributed by atoms with Crippen LogP contribution in [0.3, 0.4) is 0 Å². The molecule has 5 rings (SSSR count). The molecular formula is C29H26Cl2N4O5S. The summed E-state index contributed by atoms with van der Waals surface area (Å²) in [5.41, 5.74) is 3.71. The van der Waals surface area contributed by atoms with Crippen LogP contribution >= 0.6 is 34.5 Å². The number of halogens is 2. The first-order valence-electron chi connectivity index (χ1n) is 12.7. The summed E-state index contributed by atoms with van der Waals surface area (Å²) in [5.74, 6) is -1.94. The Labute approximate surface area is 249 Å². The van der Waals surface area contributed by atoms with E-state index in [2.05, 4.69) is 22.5 Å². The molecule has 0 unspecified atom stereocenters. The van der Waals surface area contributed by atoms with Crippen molar-refractivity contribution in [3.63, 3.8) is 0 Å². The summed E-state index contributed by atoms with van der Waals surface area (Å²) < 4.78 is 0.713. The van der Waals surface area contributed by atoms with Crippen LogP contribution < -0.4 is 15.5 Å². The number of aliphatic hydroxyl groups excluding tert-OH is 1. The highest BCUT2D eigenvalue weighted by atomic mass is 35.5. The average molecular weight is 614 g/mol. The van der Waals surface area contributed by atoms with Gasteiger partial charge in [-0.1, -0.05) is 65.7 Å². The van der Waals surface area contributed by atoms with Crippen LogP contribution in [-0.2, 0) is 16.8 Å². The van der Waals surface area contributed by atoms with Crippen LogP contribution in [-0.4, -0.2) is 45.8 Å². The summed E-state index contributed by atoms with van der Waals surface area (Å²) in [4.78, 5) is 42.8. The van der Waals surface area contributed by atoms with Gasteiger partial charge in [0.05, 0.1) is 28.3 Å². The number of nitrogens with zero attached hydrogens (tertiary/aromatic N) is 2. The summed E-state index contributed by atoms with van der Waals surface area (Å²) in [6, 6.07) is 17.4. The quantitative estimate of drug-likeness (QED) is 0.181. The maximum atomic E-state index is 13.6. The molecule has 0 saturated heterocycles. The van der Waals surface area contributed by atoms with Gasteiger partial charge in [0.25, 0.3) is 5.91 Å². The largest absolute Gasteiger partial charge is 0.479 e. The van der Waals surface area contributed by atoms with Crippen LogP contribution in [0.1, 0.15) is 41.3 Å². The van der Waals surface area contributed by atoms with Crippen LogP contribution in [0.5, 0.6) is 0 Å². The first-order valence-corrected chi connectivity index (χ1v) is 14.3. The van der Waals surface area contributed by atoms with E-state index in [0.717, 1.165) is 18.4 Å². The second kappa shape index (κ2) is 11.7. The number of urea groups is 1. The first-order chi connectivity index (χ1) is 19.5. The number of rotatable bonds is 9. The van der Waals surface area contributed by atoms with E-state index in [-0.39, 0.29) is 17.5 Å². The topological polar surface area (TPSA) is 132 Å². The number of aliphatic carboxylic acids is 1. The highest BCUT2D eigenvalue weighted by Crippen LogP contribution is 2.47. The van der Waals surface area contributed by atoms with Crippen molar-refractivity contribution < 1.29 is 24.6 Å². The van der Waals surface area contributed by atoms with Gasteiger partial charge < -0.3 is 15.5 Å². The zero-order valence-electron chi connectivity index (χ0n) is 21.9. The number of carbonyl (C=O) groups is 3. The maximum Gasteiger partial charge on any atom is 0.334 e. The molecule has 12 heteroatoms. The summed E-state index contributed by atoms with van der Waals surface area (Å²) in [5, 5.41) is 24.7. The van der Waals surface area contributed by atoms with Gasteiger partial charge in [-0.3, -0.25) is 15.0 Å². The molecule has 3 amide bonds. The molecule has 9 nitrogen and oxygen atoms in total. The molecule has 0 spiro atoms. The number of aromatic nitrogens is 1. The molecule has 1 aliphatic carbocycles. The third-order valence-corrected chi connectivity index (χ3v) is 8.69. The molecule has 1 aromatic heterocycles. The molecule has 4 N–H and O–H groups in total. The Bertz CT molecular complexity index is 1620.